The summed E-state index contributed by atoms with van der Waals surface area (Å²) < 4.78 is 10.1. The van der Waals surface area contributed by atoms with Crippen molar-refractivity contribution in [1.82, 2.24) is 0 Å². The van der Waals surface area contributed by atoms with Gasteiger partial charge in [-0.1, -0.05) is 18.7 Å². The first-order valence-electron chi connectivity index (χ1n) is 5.61. The molecule has 0 N–H and O–H groups in total. The number of nitro groups is 1. The van der Waals surface area contributed by atoms with Gasteiger partial charge >= 0.3 is 5.97 Å². The zero-order valence-electron chi connectivity index (χ0n) is 10.7. The molecule has 0 aliphatic carbocycles. The number of carbonyl (C=O) groups is 1. The molecule has 1 rings (SSSR count). The van der Waals surface area contributed by atoms with Crippen molar-refractivity contribution >= 4 is 5.97 Å². The fourth-order valence-electron chi connectivity index (χ4n) is 1.57. The number of ether oxygens (including phenoxy) is 2. The molecule has 0 aliphatic rings. The number of hydrogen-bond donors (Lipinski definition) is 0. The van der Waals surface area contributed by atoms with Crippen LogP contribution in [-0.4, -0.2) is 30.1 Å². The van der Waals surface area contributed by atoms with Crippen LogP contribution in [0.3, 0.4) is 0 Å². The third-order valence-electron chi connectivity index (χ3n) is 2.57. The van der Waals surface area contributed by atoms with E-state index in [1.807, 2.05) is 0 Å². The van der Waals surface area contributed by atoms with Crippen molar-refractivity contribution in [3.8, 4) is 5.75 Å². The van der Waals surface area contributed by atoms with Crippen LogP contribution in [0.2, 0.25) is 0 Å². The number of carbonyl (C=O) groups excluding carboxylic acids is 1. The standard InChI is InChI=1S/C13H15NO5/c1-4-11(14(16)17)9(2)19-12-8-6-5-7-10(12)13(15)18-3/h4-9,11H,1H2,2-3H3. The van der Waals surface area contributed by atoms with Gasteiger partial charge in [0.15, 0.2) is 6.10 Å². The molecule has 0 bridgehead atoms. The second-order valence-electron chi connectivity index (χ2n) is 3.82. The van der Waals surface area contributed by atoms with Crippen molar-refractivity contribution in [2.24, 2.45) is 0 Å². The van der Waals surface area contributed by atoms with Gasteiger partial charge in [0.2, 0.25) is 0 Å². The van der Waals surface area contributed by atoms with E-state index in [4.69, 9.17) is 4.74 Å². The van der Waals surface area contributed by atoms with E-state index in [0.29, 0.717) is 0 Å². The SMILES string of the molecule is C=CC(C(C)Oc1ccccc1C(=O)OC)[N+](=O)[O-]. The fraction of sp³-hybridized carbons (Fsp3) is 0.308. The largest absolute Gasteiger partial charge is 0.482 e. The number of rotatable bonds is 6. The summed E-state index contributed by atoms with van der Waals surface area (Å²) in [6.07, 6.45) is 0.448. The number of hydrogen-bond acceptors (Lipinski definition) is 5. The van der Waals surface area contributed by atoms with Gasteiger partial charge in [-0.15, -0.1) is 0 Å². The molecule has 19 heavy (non-hydrogen) atoms. The molecular weight excluding hydrogens is 250 g/mol. The minimum atomic E-state index is -1.05. The van der Waals surface area contributed by atoms with Crippen molar-refractivity contribution in [3.05, 3.63) is 52.6 Å². The first-order chi connectivity index (χ1) is 9.01. The number of benzene rings is 1. The van der Waals surface area contributed by atoms with Crippen LogP contribution < -0.4 is 4.74 Å². The highest BCUT2D eigenvalue weighted by atomic mass is 16.6. The van der Waals surface area contributed by atoms with E-state index in [1.165, 1.54) is 19.3 Å². The molecule has 6 heteroatoms. The van der Waals surface area contributed by atoms with Gasteiger partial charge in [0, 0.05) is 4.92 Å². The number of esters is 1. The zero-order chi connectivity index (χ0) is 14.4. The molecule has 0 aliphatic heterocycles. The Hall–Kier alpha value is -2.37. The minimum Gasteiger partial charge on any atom is -0.482 e. The highest BCUT2D eigenvalue weighted by molar-refractivity contribution is 5.92. The summed E-state index contributed by atoms with van der Waals surface area (Å²) in [7, 11) is 1.26. The Balaban J connectivity index is 2.96. The molecule has 0 amide bonds. The maximum Gasteiger partial charge on any atom is 0.341 e. The van der Waals surface area contributed by atoms with Gasteiger partial charge in [-0.2, -0.15) is 0 Å². The van der Waals surface area contributed by atoms with Crippen LogP contribution in [0.5, 0.6) is 5.75 Å². The van der Waals surface area contributed by atoms with E-state index in [9.17, 15) is 14.9 Å². The molecule has 2 atom stereocenters. The first kappa shape index (κ1) is 14.7. The van der Waals surface area contributed by atoms with E-state index in [1.54, 1.807) is 25.1 Å². The molecule has 1 aromatic rings. The summed E-state index contributed by atoms with van der Waals surface area (Å²) in [4.78, 5) is 21.8. The summed E-state index contributed by atoms with van der Waals surface area (Å²) in [6.45, 7) is 4.95. The molecule has 0 aromatic heterocycles. The monoisotopic (exact) mass is 265 g/mol. The predicted molar refractivity (Wildman–Crippen MR) is 68.9 cm³/mol. The molecule has 1 aromatic carbocycles. The Morgan fingerprint density at radius 3 is 2.63 bits per heavy atom. The first-order valence-corrected chi connectivity index (χ1v) is 5.61. The second-order valence-corrected chi connectivity index (χ2v) is 3.82. The van der Waals surface area contributed by atoms with Gasteiger partial charge in [0.25, 0.3) is 6.04 Å². The molecule has 0 spiro atoms. The lowest BCUT2D eigenvalue weighted by Gasteiger charge is -2.17. The predicted octanol–water partition coefficient (Wildman–Crippen LogP) is 2.07. The normalized spacial score (nSPS) is 13.2. The Morgan fingerprint density at radius 1 is 1.47 bits per heavy atom. The van der Waals surface area contributed by atoms with Gasteiger partial charge in [0.05, 0.1) is 7.11 Å². The summed E-state index contributed by atoms with van der Waals surface area (Å²) in [5.41, 5.74) is 0.225. The van der Waals surface area contributed by atoms with Gasteiger partial charge in [-0.3, -0.25) is 10.1 Å². The van der Waals surface area contributed by atoms with Crippen molar-refractivity contribution < 1.29 is 19.2 Å². The lowest BCUT2D eigenvalue weighted by molar-refractivity contribution is -0.518. The smallest absolute Gasteiger partial charge is 0.341 e. The number of para-hydroxylation sites is 1. The maximum atomic E-state index is 11.5. The number of nitrogens with zero attached hydrogens (tertiary/aromatic N) is 1. The summed E-state index contributed by atoms with van der Waals surface area (Å²) in [5, 5.41) is 10.8. The molecule has 0 saturated heterocycles. The minimum absolute atomic E-state index is 0.225. The summed E-state index contributed by atoms with van der Waals surface area (Å²) in [6, 6.07) is 5.36. The van der Waals surface area contributed by atoms with E-state index in [0.717, 1.165) is 0 Å². The molecule has 0 heterocycles. The molecule has 102 valence electrons. The second kappa shape index (κ2) is 6.53. The van der Waals surface area contributed by atoms with Crippen molar-refractivity contribution in [2.45, 2.75) is 19.1 Å². The Morgan fingerprint density at radius 2 is 2.11 bits per heavy atom. The topological polar surface area (TPSA) is 78.7 Å². The molecule has 6 nitrogen and oxygen atoms in total. The van der Waals surface area contributed by atoms with Gasteiger partial charge in [0.1, 0.15) is 11.3 Å². The van der Waals surface area contributed by atoms with Gasteiger partial charge < -0.3 is 9.47 Å². The lowest BCUT2D eigenvalue weighted by Crippen LogP contribution is -2.34. The Kier molecular flexibility index (Phi) is 5.05. The summed E-state index contributed by atoms with van der Waals surface area (Å²) in [5.74, 6) is -0.311. The number of methoxy groups -OCH3 is 1. The Bertz CT molecular complexity index is 486. The molecule has 0 fully saturated rings. The molecule has 0 radical (unpaired) electrons. The fourth-order valence-corrected chi connectivity index (χ4v) is 1.57. The van der Waals surface area contributed by atoms with Gasteiger partial charge in [-0.05, 0) is 25.1 Å². The maximum absolute atomic E-state index is 11.5. The van der Waals surface area contributed by atoms with Crippen LogP contribution in [0.25, 0.3) is 0 Å². The molecule has 0 saturated carbocycles. The van der Waals surface area contributed by atoms with Crippen molar-refractivity contribution in [2.75, 3.05) is 7.11 Å². The summed E-state index contributed by atoms with van der Waals surface area (Å²) >= 11 is 0. The van der Waals surface area contributed by atoms with Gasteiger partial charge in [-0.25, -0.2) is 4.79 Å². The van der Waals surface area contributed by atoms with Crippen LogP contribution in [0, 0.1) is 10.1 Å². The van der Waals surface area contributed by atoms with Crippen molar-refractivity contribution in [3.63, 3.8) is 0 Å². The highest BCUT2D eigenvalue weighted by Gasteiger charge is 2.27. The molecule has 2 unspecified atom stereocenters. The third kappa shape index (κ3) is 3.54. The quantitative estimate of drug-likeness (QED) is 0.340. The third-order valence-corrected chi connectivity index (χ3v) is 2.57. The lowest BCUT2D eigenvalue weighted by atomic mass is 10.1. The van der Waals surface area contributed by atoms with Crippen LogP contribution >= 0.6 is 0 Å². The van der Waals surface area contributed by atoms with E-state index in [2.05, 4.69) is 11.3 Å². The van der Waals surface area contributed by atoms with Crippen LogP contribution in [0.1, 0.15) is 17.3 Å². The Labute approximate surface area is 110 Å². The van der Waals surface area contributed by atoms with Crippen LogP contribution in [-0.2, 0) is 4.74 Å². The highest BCUT2D eigenvalue weighted by Crippen LogP contribution is 2.21. The van der Waals surface area contributed by atoms with Crippen molar-refractivity contribution in [1.29, 1.82) is 0 Å². The average molecular weight is 265 g/mol. The van der Waals surface area contributed by atoms with E-state index >= 15 is 0 Å². The van der Waals surface area contributed by atoms with E-state index in [-0.39, 0.29) is 11.3 Å². The van der Waals surface area contributed by atoms with E-state index < -0.39 is 23.0 Å². The molecular formula is C13H15NO5. The van der Waals surface area contributed by atoms with Crippen LogP contribution in [0.4, 0.5) is 0 Å². The zero-order valence-corrected chi connectivity index (χ0v) is 10.7. The van der Waals surface area contributed by atoms with Crippen LogP contribution in [0.15, 0.2) is 36.9 Å². The average Bonchev–Trinajstić information content (AvgIpc) is 2.38.